The summed E-state index contributed by atoms with van der Waals surface area (Å²) in [6, 6.07) is 14.4. The first-order valence-electron chi connectivity index (χ1n) is 8.08. The van der Waals surface area contributed by atoms with Crippen molar-refractivity contribution < 1.29 is 23.1 Å². The topological polar surface area (TPSA) is 48.7 Å². The summed E-state index contributed by atoms with van der Waals surface area (Å²) in [6.07, 6.45) is 3.02. The zero-order chi connectivity index (χ0) is 19.2. The summed E-state index contributed by atoms with van der Waals surface area (Å²) in [5.74, 6) is 1.56. The molecule has 0 N–H and O–H groups in total. The van der Waals surface area contributed by atoms with E-state index in [0.717, 1.165) is 0 Å². The highest BCUT2D eigenvalue weighted by Crippen LogP contribution is 2.22. The zero-order valence-electron chi connectivity index (χ0n) is 14.4. The van der Waals surface area contributed by atoms with Crippen LogP contribution in [0.1, 0.15) is 21.9 Å². The molecule has 1 aromatic heterocycles. The second-order valence-electron chi connectivity index (χ2n) is 5.59. The number of halogens is 2. The molecule has 0 saturated carbocycles. The minimum absolute atomic E-state index is 0.00684. The Morgan fingerprint density at radius 2 is 1.85 bits per heavy atom. The van der Waals surface area contributed by atoms with Crippen LogP contribution in [0.3, 0.4) is 0 Å². The summed E-state index contributed by atoms with van der Waals surface area (Å²) in [7, 11) is 1.57. The fraction of sp³-hybridized carbons (Fsp3) is 0.0952. The number of hydrogen-bond donors (Lipinski definition) is 0. The molecule has 1 heterocycles. The molecule has 27 heavy (non-hydrogen) atoms. The predicted octanol–water partition coefficient (Wildman–Crippen LogP) is 5.56. The number of rotatable bonds is 7. The number of benzene rings is 2. The van der Waals surface area contributed by atoms with E-state index in [1.54, 1.807) is 49.6 Å². The Morgan fingerprint density at radius 3 is 2.56 bits per heavy atom. The maximum absolute atomic E-state index is 13.1. The fourth-order valence-corrected chi connectivity index (χ4v) is 2.46. The first kappa shape index (κ1) is 18.7. The van der Waals surface area contributed by atoms with Crippen LogP contribution < -0.4 is 9.47 Å². The lowest BCUT2D eigenvalue weighted by Crippen LogP contribution is -1.94. The maximum Gasteiger partial charge on any atom is 0.185 e. The van der Waals surface area contributed by atoms with Crippen LogP contribution in [0.5, 0.6) is 11.5 Å². The molecule has 0 fully saturated rings. The largest absolute Gasteiger partial charge is 0.497 e. The van der Waals surface area contributed by atoms with Crippen molar-refractivity contribution in [1.29, 1.82) is 0 Å². The summed E-state index contributed by atoms with van der Waals surface area (Å²) in [6.45, 7) is 0.155. The van der Waals surface area contributed by atoms with Gasteiger partial charge in [0.25, 0.3) is 0 Å². The van der Waals surface area contributed by atoms with Crippen LogP contribution in [-0.2, 0) is 6.61 Å². The first-order valence-corrected chi connectivity index (χ1v) is 8.46. The van der Waals surface area contributed by atoms with Gasteiger partial charge in [0.2, 0.25) is 0 Å². The second-order valence-corrected chi connectivity index (χ2v) is 6.00. The van der Waals surface area contributed by atoms with Crippen molar-refractivity contribution in [3.05, 3.63) is 88.6 Å². The standard InChI is InChI=1S/C21H16ClFO4/c1-25-15-4-2-14(3-5-15)21(24)11-9-16-6-7-18(27-16)13-26-17-8-10-20(23)19(22)12-17/h2-12H,13H2,1H3/b11-9+. The van der Waals surface area contributed by atoms with Gasteiger partial charge >= 0.3 is 0 Å². The molecule has 0 radical (unpaired) electrons. The minimum atomic E-state index is -0.504. The van der Waals surface area contributed by atoms with E-state index >= 15 is 0 Å². The molecular formula is C21H16ClFO4. The Bertz CT molecular complexity index is 961. The molecule has 0 spiro atoms. The number of carbonyl (C=O) groups is 1. The Balaban J connectivity index is 1.58. The van der Waals surface area contributed by atoms with E-state index in [1.165, 1.54) is 24.3 Å². The van der Waals surface area contributed by atoms with Gasteiger partial charge in [-0.1, -0.05) is 11.6 Å². The van der Waals surface area contributed by atoms with Crippen LogP contribution >= 0.6 is 11.6 Å². The van der Waals surface area contributed by atoms with Gasteiger partial charge in [-0.05, 0) is 60.7 Å². The monoisotopic (exact) mass is 386 g/mol. The Labute approximate surface area is 160 Å². The Hall–Kier alpha value is -3.05. The lowest BCUT2D eigenvalue weighted by molar-refractivity contribution is 0.104. The van der Waals surface area contributed by atoms with Gasteiger partial charge in [-0.2, -0.15) is 0 Å². The molecule has 3 rings (SSSR count). The van der Waals surface area contributed by atoms with Crippen LogP contribution in [-0.4, -0.2) is 12.9 Å². The number of furan rings is 1. The van der Waals surface area contributed by atoms with Crippen LogP contribution in [0, 0.1) is 5.82 Å². The second kappa shape index (κ2) is 8.56. The molecule has 6 heteroatoms. The molecule has 4 nitrogen and oxygen atoms in total. The van der Waals surface area contributed by atoms with Crippen molar-refractivity contribution in [2.75, 3.05) is 7.11 Å². The first-order chi connectivity index (χ1) is 13.0. The number of ether oxygens (including phenoxy) is 2. The van der Waals surface area contributed by atoms with Gasteiger partial charge in [0.15, 0.2) is 5.78 Å². The summed E-state index contributed by atoms with van der Waals surface area (Å²) in [4.78, 5) is 12.2. The predicted molar refractivity (Wildman–Crippen MR) is 101 cm³/mol. The van der Waals surface area contributed by atoms with Crippen molar-refractivity contribution in [3.8, 4) is 11.5 Å². The van der Waals surface area contributed by atoms with Gasteiger partial charge in [-0.15, -0.1) is 0 Å². The molecule has 0 bridgehead atoms. The average Bonchev–Trinajstić information content (AvgIpc) is 3.15. The molecular weight excluding hydrogens is 371 g/mol. The summed E-state index contributed by atoms with van der Waals surface area (Å²) >= 11 is 5.71. The summed E-state index contributed by atoms with van der Waals surface area (Å²) in [5, 5.41) is -0.00684. The van der Waals surface area contributed by atoms with Gasteiger partial charge < -0.3 is 13.9 Å². The van der Waals surface area contributed by atoms with Crippen LogP contribution in [0.2, 0.25) is 5.02 Å². The van der Waals surface area contributed by atoms with E-state index in [4.69, 9.17) is 25.5 Å². The van der Waals surface area contributed by atoms with Gasteiger partial charge in [0.05, 0.1) is 12.1 Å². The number of hydrogen-bond acceptors (Lipinski definition) is 4. The molecule has 0 aliphatic rings. The summed E-state index contributed by atoms with van der Waals surface area (Å²) < 4.78 is 29.3. The van der Waals surface area contributed by atoms with Gasteiger partial charge in [-0.3, -0.25) is 4.79 Å². The van der Waals surface area contributed by atoms with Crippen molar-refractivity contribution >= 4 is 23.5 Å². The van der Waals surface area contributed by atoms with E-state index in [1.807, 2.05) is 0 Å². The molecule has 138 valence electrons. The smallest absolute Gasteiger partial charge is 0.185 e. The molecule has 3 aromatic rings. The van der Waals surface area contributed by atoms with Crippen molar-refractivity contribution in [2.45, 2.75) is 6.61 Å². The minimum Gasteiger partial charge on any atom is -0.497 e. The SMILES string of the molecule is COc1ccc(C(=O)/C=C/c2ccc(COc3ccc(F)c(Cl)c3)o2)cc1. The number of allylic oxidation sites excluding steroid dienone is 1. The molecule has 2 aromatic carbocycles. The third-order valence-electron chi connectivity index (χ3n) is 3.73. The van der Waals surface area contributed by atoms with E-state index in [-0.39, 0.29) is 17.4 Å². The van der Waals surface area contributed by atoms with Crippen molar-refractivity contribution in [2.24, 2.45) is 0 Å². The lowest BCUT2D eigenvalue weighted by Gasteiger charge is -2.04. The highest BCUT2D eigenvalue weighted by molar-refractivity contribution is 6.30. The van der Waals surface area contributed by atoms with Gasteiger partial charge in [0.1, 0.15) is 35.4 Å². The third-order valence-corrected chi connectivity index (χ3v) is 4.02. The van der Waals surface area contributed by atoms with E-state index < -0.39 is 5.82 Å². The van der Waals surface area contributed by atoms with Gasteiger partial charge in [-0.25, -0.2) is 4.39 Å². The van der Waals surface area contributed by atoms with Crippen LogP contribution in [0.4, 0.5) is 4.39 Å². The Morgan fingerprint density at radius 1 is 1.11 bits per heavy atom. The quantitative estimate of drug-likeness (QED) is 0.394. The normalized spacial score (nSPS) is 10.9. The molecule has 0 atom stereocenters. The van der Waals surface area contributed by atoms with E-state index in [9.17, 15) is 9.18 Å². The van der Waals surface area contributed by atoms with Crippen LogP contribution in [0.25, 0.3) is 6.08 Å². The van der Waals surface area contributed by atoms with E-state index in [0.29, 0.717) is 28.6 Å². The summed E-state index contributed by atoms with van der Waals surface area (Å²) in [5.41, 5.74) is 0.551. The Kier molecular flexibility index (Phi) is 5.94. The van der Waals surface area contributed by atoms with E-state index in [2.05, 4.69) is 0 Å². The van der Waals surface area contributed by atoms with Crippen molar-refractivity contribution in [1.82, 2.24) is 0 Å². The number of carbonyl (C=O) groups excluding carboxylic acids is 1. The fourth-order valence-electron chi connectivity index (χ4n) is 2.29. The highest BCUT2D eigenvalue weighted by Gasteiger charge is 2.06. The lowest BCUT2D eigenvalue weighted by atomic mass is 10.1. The third kappa shape index (κ3) is 4.99. The number of methoxy groups -OCH3 is 1. The number of ketones is 1. The highest BCUT2D eigenvalue weighted by atomic mass is 35.5. The molecule has 0 aliphatic carbocycles. The molecule has 0 aliphatic heterocycles. The van der Waals surface area contributed by atoms with Gasteiger partial charge in [0, 0.05) is 11.6 Å². The van der Waals surface area contributed by atoms with Crippen LogP contribution in [0.15, 0.2) is 65.1 Å². The average molecular weight is 387 g/mol. The molecule has 0 amide bonds. The maximum atomic E-state index is 13.1. The van der Waals surface area contributed by atoms with Crippen molar-refractivity contribution in [3.63, 3.8) is 0 Å². The zero-order valence-corrected chi connectivity index (χ0v) is 15.2. The molecule has 0 unspecified atom stereocenters. The molecule has 0 saturated heterocycles.